The number of methoxy groups -OCH3 is 1. The Labute approximate surface area is 171 Å². The number of hydrogen-bond acceptors (Lipinski definition) is 6. The Balaban J connectivity index is 1.49. The summed E-state index contributed by atoms with van der Waals surface area (Å²) in [6.45, 7) is 0. The van der Waals surface area contributed by atoms with Crippen molar-refractivity contribution in [3.05, 3.63) is 89.2 Å². The number of imide groups is 1. The van der Waals surface area contributed by atoms with Crippen LogP contribution in [-0.4, -0.2) is 35.8 Å². The first-order chi connectivity index (χ1) is 14.5. The summed E-state index contributed by atoms with van der Waals surface area (Å²) in [6, 6.07) is 15.5. The Bertz CT molecular complexity index is 1140. The van der Waals surface area contributed by atoms with Gasteiger partial charge in [0.05, 0.1) is 23.9 Å². The Morgan fingerprint density at radius 3 is 2.20 bits per heavy atom. The molecule has 1 aliphatic heterocycles. The minimum atomic E-state index is -0.501. The Morgan fingerprint density at radius 2 is 1.57 bits per heavy atom. The predicted octanol–water partition coefficient (Wildman–Crippen LogP) is 2.92. The van der Waals surface area contributed by atoms with Gasteiger partial charge in [0, 0.05) is 17.4 Å². The molecule has 0 saturated carbocycles. The second-order valence-corrected chi connectivity index (χ2v) is 6.42. The monoisotopic (exact) mass is 401 g/mol. The highest BCUT2D eigenvalue weighted by Gasteiger charge is 2.37. The highest BCUT2D eigenvalue weighted by Crippen LogP contribution is 2.27. The molecule has 0 bridgehead atoms. The third kappa shape index (κ3) is 3.30. The van der Waals surface area contributed by atoms with Gasteiger partial charge in [0.2, 0.25) is 0 Å². The Kier molecular flexibility index (Phi) is 4.81. The molecule has 2 aromatic carbocycles. The van der Waals surface area contributed by atoms with Crippen molar-refractivity contribution >= 4 is 35.1 Å². The van der Waals surface area contributed by atoms with E-state index in [-0.39, 0.29) is 17.2 Å². The van der Waals surface area contributed by atoms with Gasteiger partial charge in [0.1, 0.15) is 5.69 Å². The number of ether oxygens (including phenoxy) is 1. The second kappa shape index (κ2) is 7.59. The summed E-state index contributed by atoms with van der Waals surface area (Å²) in [5.74, 6) is -1.80. The molecule has 0 fully saturated rings. The molecule has 0 atom stereocenters. The van der Waals surface area contributed by atoms with Crippen LogP contribution in [0.15, 0.2) is 66.9 Å². The zero-order chi connectivity index (χ0) is 21.3. The van der Waals surface area contributed by atoms with Crippen LogP contribution in [0.5, 0.6) is 0 Å². The molecule has 30 heavy (non-hydrogen) atoms. The van der Waals surface area contributed by atoms with Gasteiger partial charge in [-0.25, -0.2) is 9.69 Å². The summed E-state index contributed by atoms with van der Waals surface area (Å²) in [7, 11) is 1.29. The quantitative estimate of drug-likeness (QED) is 0.532. The van der Waals surface area contributed by atoms with Crippen LogP contribution in [0.4, 0.5) is 11.4 Å². The van der Waals surface area contributed by atoms with E-state index >= 15 is 0 Å². The zero-order valence-electron chi connectivity index (χ0n) is 15.8. The highest BCUT2D eigenvalue weighted by atomic mass is 16.5. The smallest absolute Gasteiger partial charge is 0.337 e. The summed E-state index contributed by atoms with van der Waals surface area (Å²) >= 11 is 0. The maximum Gasteiger partial charge on any atom is 0.337 e. The lowest BCUT2D eigenvalue weighted by molar-refractivity contribution is 0.0600. The number of carbonyl (C=O) groups is 4. The summed E-state index contributed by atoms with van der Waals surface area (Å²) in [5.41, 5.74) is 1.92. The minimum Gasteiger partial charge on any atom is -0.465 e. The summed E-state index contributed by atoms with van der Waals surface area (Å²) in [5, 5.41) is 2.71. The van der Waals surface area contributed by atoms with E-state index in [1.165, 1.54) is 37.6 Å². The summed E-state index contributed by atoms with van der Waals surface area (Å²) in [6.07, 6.45) is 1.46. The van der Waals surface area contributed by atoms with Gasteiger partial charge in [-0.05, 0) is 60.7 Å². The number of rotatable bonds is 4. The van der Waals surface area contributed by atoms with E-state index in [0.717, 1.165) is 4.90 Å². The lowest BCUT2D eigenvalue weighted by atomic mass is 10.1. The molecule has 0 spiro atoms. The average molecular weight is 401 g/mol. The van der Waals surface area contributed by atoms with Gasteiger partial charge in [0.15, 0.2) is 0 Å². The molecule has 3 aromatic rings. The van der Waals surface area contributed by atoms with E-state index in [4.69, 9.17) is 0 Å². The lowest BCUT2D eigenvalue weighted by Crippen LogP contribution is -2.29. The first kappa shape index (κ1) is 19.0. The molecule has 0 saturated heterocycles. The van der Waals surface area contributed by atoms with Crippen molar-refractivity contribution in [3.8, 4) is 0 Å². The number of aromatic nitrogens is 1. The van der Waals surface area contributed by atoms with E-state index < -0.39 is 17.8 Å². The Hall–Kier alpha value is -4.33. The summed E-state index contributed by atoms with van der Waals surface area (Å²) < 4.78 is 4.63. The first-order valence-corrected chi connectivity index (χ1v) is 8.93. The Morgan fingerprint density at radius 1 is 0.900 bits per heavy atom. The molecule has 8 heteroatoms. The molecule has 0 aliphatic carbocycles. The first-order valence-electron chi connectivity index (χ1n) is 8.93. The van der Waals surface area contributed by atoms with Crippen molar-refractivity contribution in [1.82, 2.24) is 4.98 Å². The van der Waals surface area contributed by atoms with Crippen molar-refractivity contribution in [2.45, 2.75) is 0 Å². The molecule has 1 N–H and O–H groups in total. The molecule has 2 heterocycles. The van der Waals surface area contributed by atoms with Gasteiger partial charge >= 0.3 is 5.97 Å². The van der Waals surface area contributed by atoms with E-state index in [2.05, 4.69) is 15.0 Å². The fourth-order valence-corrected chi connectivity index (χ4v) is 3.07. The van der Waals surface area contributed by atoms with Crippen LogP contribution >= 0.6 is 0 Å². The van der Waals surface area contributed by atoms with Gasteiger partial charge in [-0.1, -0.05) is 0 Å². The van der Waals surface area contributed by atoms with Crippen LogP contribution in [0, 0.1) is 0 Å². The van der Waals surface area contributed by atoms with E-state index in [9.17, 15) is 19.2 Å². The molecule has 3 amide bonds. The number of hydrogen-bond donors (Lipinski definition) is 1. The number of nitrogens with one attached hydrogen (secondary N) is 1. The van der Waals surface area contributed by atoms with Crippen LogP contribution in [0.3, 0.4) is 0 Å². The van der Waals surface area contributed by atoms with Gasteiger partial charge in [-0.3, -0.25) is 19.4 Å². The van der Waals surface area contributed by atoms with Crippen molar-refractivity contribution in [2.75, 3.05) is 17.3 Å². The molecule has 0 unspecified atom stereocenters. The number of anilines is 2. The van der Waals surface area contributed by atoms with E-state index in [0.29, 0.717) is 22.5 Å². The molecule has 1 aliphatic rings. The number of esters is 1. The van der Waals surface area contributed by atoms with Crippen LogP contribution in [-0.2, 0) is 4.74 Å². The maximum absolute atomic E-state index is 12.5. The van der Waals surface area contributed by atoms with Crippen molar-refractivity contribution in [1.29, 1.82) is 0 Å². The summed E-state index contributed by atoms with van der Waals surface area (Å²) in [4.78, 5) is 54.0. The maximum atomic E-state index is 12.5. The number of amides is 3. The predicted molar refractivity (Wildman–Crippen MR) is 108 cm³/mol. The minimum absolute atomic E-state index is 0.111. The van der Waals surface area contributed by atoms with Gasteiger partial charge in [-0.2, -0.15) is 0 Å². The molecular weight excluding hydrogens is 386 g/mol. The van der Waals surface area contributed by atoms with E-state index in [1.54, 1.807) is 36.4 Å². The largest absolute Gasteiger partial charge is 0.465 e. The van der Waals surface area contributed by atoms with Crippen LogP contribution in [0.2, 0.25) is 0 Å². The standard InChI is InChI=1S/C22H15N3O5/c1-30-22(29)14-4-8-15(9-5-14)24-19(26)13-6-10-16(11-7-13)25-20(27)17-3-2-12-23-18(17)21(25)28/h2-12H,1H3,(H,24,26). The molecule has 4 rings (SSSR count). The topological polar surface area (TPSA) is 106 Å². The molecule has 148 valence electrons. The fourth-order valence-electron chi connectivity index (χ4n) is 3.07. The van der Waals surface area contributed by atoms with Gasteiger partial charge < -0.3 is 10.1 Å². The average Bonchev–Trinajstić information content (AvgIpc) is 3.04. The number of fused-ring (bicyclic) bond motifs is 1. The fraction of sp³-hybridized carbons (Fsp3) is 0.0455. The normalized spacial score (nSPS) is 12.5. The third-order valence-electron chi connectivity index (χ3n) is 4.60. The zero-order valence-corrected chi connectivity index (χ0v) is 15.8. The molecule has 0 radical (unpaired) electrons. The highest BCUT2D eigenvalue weighted by molar-refractivity contribution is 6.33. The molecule has 8 nitrogen and oxygen atoms in total. The lowest BCUT2D eigenvalue weighted by Gasteiger charge is -2.14. The van der Waals surface area contributed by atoms with Crippen molar-refractivity contribution < 1.29 is 23.9 Å². The van der Waals surface area contributed by atoms with Crippen LogP contribution in [0.25, 0.3) is 0 Å². The van der Waals surface area contributed by atoms with Crippen molar-refractivity contribution in [2.24, 2.45) is 0 Å². The van der Waals surface area contributed by atoms with Crippen LogP contribution in [0.1, 0.15) is 41.6 Å². The SMILES string of the molecule is COC(=O)c1ccc(NC(=O)c2ccc(N3C(=O)c4cccnc4C3=O)cc2)cc1. The van der Waals surface area contributed by atoms with E-state index in [1.807, 2.05) is 0 Å². The van der Waals surface area contributed by atoms with Crippen molar-refractivity contribution in [3.63, 3.8) is 0 Å². The molecular formula is C22H15N3O5. The van der Waals surface area contributed by atoms with Gasteiger partial charge in [0.25, 0.3) is 17.7 Å². The number of nitrogens with zero attached hydrogens (tertiary/aromatic N) is 2. The second-order valence-electron chi connectivity index (χ2n) is 6.42. The molecule has 1 aromatic heterocycles. The van der Waals surface area contributed by atoms with Crippen LogP contribution < -0.4 is 10.2 Å². The number of carbonyl (C=O) groups excluding carboxylic acids is 4. The number of benzene rings is 2. The van der Waals surface area contributed by atoms with Gasteiger partial charge in [-0.15, -0.1) is 0 Å². The third-order valence-corrected chi connectivity index (χ3v) is 4.60. The number of pyridine rings is 1.